The number of hydrogen-bond acceptors (Lipinski definition) is 8. The Morgan fingerprint density at radius 1 is 1.23 bits per heavy atom. The van der Waals surface area contributed by atoms with Gasteiger partial charge in [-0.1, -0.05) is 17.8 Å². The van der Waals surface area contributed by atoms with E-state index in [1.807, 2.05) is 52.0 Å². The second-order valence-corrected chi connectivity index (χ2v) is 9.64. The van der Waals surface area contributed by atoms with E-state index in [1.54, 1.807) is 31.1 Å². The number of nitrogens with zero attached hydrogens (tertiary/aromatic N) is 1. The quantitative estimate of drug-likeness (QED) is 0.432. The maximum absolute atomic E-state index is 13.7. The van der Waals surface area contributed by atoms with Crippen molar-refractivity contribution in [2.45, 2.75) is 52.3 Å². The molecule has 1 saturated heterocycles. The number of fused-ring (bicyclic) bond motifs is 1. The fourth-order valence-electron chi connectivity index (χ4n) is 4.18. The molecule has 0 spiro atoms. The van der Waals surface area contributed by atoms with Crippen molar-refractivity contribution in [1.82, 2.24) is 10.2 Å². The van der Waals surface area contributed by atoms with Crippen LogP contribution in [0.5, 0.6) is 11.5 Å². The van der Waals surface area contributed by atoms with E-state index < -0.39 is 17.5 Å². The van der Waals surface area contributed by atoms with Crippen LogP contribution >= 0.6 is 11.8 Å². The summed E-state index contributed by atoms with van der Waals surface area (Å²) in [4.78, 5) is 28.9. The van der Waals surface area contributed by atoms with Gasteiger partial charge < -0.3 is 23.9 Å². The monoisotopic (exact) mass is 498 g/mol. The molecule has 0 saturated carbocycles. The van der Waals surface area contributed by atoms with Crippen molar-refractivity contribution in [2.24, 2.45) is 0 Å². The molecule has 1 amide bonds. The van der Waals surface area contributed by atoms with Gasteiger partial charge in [0.1, 0.15) is 11.5 Å². The average molecular weight is 499 g/mol. The van der Waals surface area contributed by atoms with Crippen molar-refractivity contribution >= 4 is 29.7 Å². The number of amides is 1. The molecule has 186 valence electrons. The lowest BCUT2D eigenvalue weighted by atomic mass is 9.93. The van der Waals surface area contributed by atoms with E-state index >= 15 is 0 Å². The van der Waals surface area contributed by atoms with Crippen molar-refractivity contribution in [3.63, 3.8) is 0 Å². The Morgan fingerprint density at radius 2 is 2.00 bits per heavy atom. The van der Waals surface area contributed by atoms with Gasteiger partial charge in [0.2, 0.25) is 0 Å². The Bertz CT molecular complexity index is 1200. The highest BCUT2D eigenvalue weighted by atomic mass is 32.2. The third kappa shape index (κ3) is 4.91. The SMILES string of the molecule is CCOC(=O)C1=C(C)N[C@H]2S/C(=C\c3ccc(C)o3)C(=O)N2[C@@H]1c1ccc(OC(C)C)c(OC)c1. The highest BCUT2D eigenvalue weighted by Crippen LogP contribution is 2.47. The van der Waals surface area contributed by atoms with Gasteiger partial charge in [0.05, 0.1) is 36.3 Å². The number of furan rings is 1. The number of hydrogen-bond donors (Lipinski definition) is 1. The molecule has 2 aliphatic rings. The van der Waals surface area contributed by atoms with Crippen LogP contribution in [0.15, 0.2) is 50.9 Å². The van der Waals surface area contributed by atoms with Crippen molar-refractivity contribution in [2.75, 3.05) is 13.7 Å². The number of aryl methyl sites for hydroxylation is 1. The summed E-state index contributed by atoms with van der Waals surface area (Å²) >= 11 is 1.38. The summed E-state index contributed by atoms with van der Waals surface area (Å²) in [5.74, 6) is 1.79. The maximum atomic E-state index is 13.7. The molecule has 0 unspecified atom stereocenters. The van der Waals surface area contributed by atoms with Crippen LogP contribution in [0.1, 0.15) is 50.8 Å². The normalized spacial score (nSPS) is 20.8. The largest absolute Gasteiger partial charge is 0.493 e. The molecule has 35 heavy (non-hydrogen) atoms. The van der Waals surface area contributed by atoms with Gasteiger partial charge >= 0.3 is 5.97 Å². The average Bonchev–Trinajstić information content (AvgIpc) is 3.35. The number of thioether (sulfide) groups is 1. The van der Waals surface area contributed by atoms with Gasteiger partial charge in [-0.15, -0.1) is 0 Å². The second-order valence-electron chi connectivity index (χ2n) is 8.52. The minimum atomic E-state index is -0.675. The van der Waals surface area contributed by atoms with Crippen LogP contribution in [-0.2, 0) is 14.3 Å². The molecule has 2 atom stereocenters. The van der Waals surface area contributed by atoms with Crippen LogP contribution in [0.3, 0.4) is 0 Å². The summed E-state index contributed by atoms with van der Waals surface area (Å²) < 4.78 is 22.5. The minimum Gasteiger partial charge on any atom is -0.493 e. The van der Waals surface area contributed by atoms with Gasteiger partial charge in [0, 0.05) is 11.8 Å². The molecule has 9 heteroatoms. The van der Waals surface area contributed by atoms with Crippen LogP contribution in [0.25, 0.3) is 6.08 Å². The van der Waals surface area contributed by atoms with Gasteiger partial charge in [0.15, 0.2) is 17.0 Å². The Balaban J connectivity index is 1.80. The molecule has 1 fully saturated rings. The highest BCUT2D eigenvalue weighted by Gasteiger charge is 2.48. The van der Waals surface area contributed by atoms with E-state index in [-0.39, 0.29) is 18.6 Å². The lowest BCUT2D eigenvalue weighted by Gasteiger charge is -2.39. The van der Waals surface area contributed by atoms with Crippen molar-refractivity contribution in [1.29, 1.82) is 0 Å². The molecule has 0 aliphatic carbocycles. The zero-order valence-corrected chi connectivity index (χ0v) is 21.5. The standard InChI is InChI=1S/C26H30N2O6S/c1-7-32-25(30)22-16(5)27-26-28(24(29)21(35-26)13-18-10-8-15(4)34-18)23(22)17-9-11-19(33-14(2)3)20(12-17)31-6/h8-14,23,26-27H,7H2,1-6H3/b21-13-/t23-,26-/m1/s1. The van der Waals surface area contributed by atoms with Crippen molar-refractivity contribution in [3.8, 4) is 11.5 Å². The second kappa shape index (κ2) is 10.1. The molecule has 2 aromatic rings. The number of esters is 1. The Kier molecular flexibility index (Phi) is 7.16. The first kappa shape index (κ1) is 24.8. The van der Waals surface area contributed by atoms with Gasteiger partial charge in [0.25, 0.3) is 5.91 Å². The molecule has 3 heterocycles. The predicted octanol–water partition coefficient (Wildman–Crippen LogP) is 4.77. The van der Waals surface area contributed by atoms with E-state index in [9.17, 15) is 9.59 Å². The van der Waals surface area contributed by atoms with E-state index in [4.69, 9.17) is 18.6 Å². The first-order valence-electron chi connectivity index (χ1n) is 11.5. The number of nitrogens with one attached hydrogen (secondary N) is 1. The van der Waals surface area contributed by atoms with E-state index in [0.29, 0.717) is 33.4 Å². The molecule has 1 N–H and O–H groups in total. The van der Waals surface area contributed by atoms with Crippen molar-refractivity contribution in [3.05, 3.63) is 63.6 Å². The summed E-state index contributed by atoms with van der Waals surface area (Å²) in [6, 6.07) is 8.47. The zero-order valence-electron chi connectivity index (χ0n) is 20.7. The summed E-state index contributed by atoms with van der Waals surface area (Å²) in [5.41, 5.74) is 1.36. The number of ether oxygens (including phenoxy) is 3. The van der Waals surface area contributed by atoms with Crippen LogP contribution in [0, 0.1) is 6.92 Å². The molecular weight excluding hydrogens is 468 g/mol. The maximum Gasteiger partial charge on any atom is 0.338 e. The smallest absolute Gasteiger partial charge is 0.338 e. The molecule has 0 bridgehead atoms. The van der Waals surface area contributed by atoms with E-state index in [2.05, 4.69) is 5.32 Å². The Labute approximate surface area is 209 Å². The molecular formula is C26H30N2O6S. The Hall–Kier alpha value is -3.33. The van der Waals surface area contributed by atoms with E-state index in [0.717, 1.165) is 11.3 Å². The number of rotatable bonds is 7. The zero-order chi connectivity index (χ0) is 25.3. The number of carbonyl (C=O) groups is 2. The molecule has 1 aromatic carbocycles. The van der Waals surface area contributed by atoms with E-state index in [1.165, 1.54) is 11.8 Å². The van der Waals surface area contributed by atoms with Gasteiger partial charge in [-0.25, -0.2) is 4.79 Å². The van der Waals surface area contributed by atoms with Crippen LogP contribution in [0.4, 0.5) is 0 Å². The number of methoxy groups -OCH3 is 1. The molecule has 0 radical (unpaired) electrons. The van der Waals surface area contributed by atoms with Crippen LogP contribution in [-0.4, -0.2) is 42.1 Å². The van der Waals surface area contributed by atoms with Gasteiger partial charge in [-0.3, -0.25) is 9.69 Å². The Morgan fingerprint density at radius 3 is 2.63 bits per heavy atom. The molecule has 4 rings (SSSR count). The minimum absolute atomic E-state index is 0.0373. The predicted molar refractivity (Wildman–Crippen MR) is 134 cm³/mol. The van der Waals surface area contributed by atoms with Gasteiger partial charge in [-0.2, -0.15) is 0 Å². The number of carbonyl (C=O) groups excluding carboxylic acids is 2. The lowest BCUT2D eigenvalue weighted by Crippen LogP contribution is -2.50. The number of allylic oxidation sites excluding steroid dienone is 1. The summed E-state index contributed by atoms with van der Waals surface area (Å²) in [6.45, 7) is 9.53. The lowest BCUT2D eigenvalue weighted by molar-refractivity contribution is -0.140. The van der Waals surface area contributed by atoms with Crippen LogP contribution in [0.2, 0.25) is 0 Å². The molecule has 2 aliphatic heterocycles. The first-order chi connectivity index (χ1) is 16.7. The molecule has 1 aromatic heterocycles. The van der Waals surface area contributed by atoms with Crippen LogP contribution < -0.4 is 14.8 Å². The number of benzene rings is 1. The summed E-state index contributed by atoms with van der Waals surface area (Å²) in [7, 11) is 1.56. The summed E-state index contributed by atoms with van der Waals surface area (Å²) in [6.07, 6.45) is 1.70. The fourth-order valence-corrected chi connectivity index (χ4v) is 5.38. The van der Waals surface area contributed by atoms with Gasteiger partial charge in [-0.05, 0) is 64.4 Å². The third-order valence-electron chi connectivity index (χ3n) is 5.63. The first-order valence-corrected chi connectivity index (χ1v) is 12.4. The fraction of sp³-hybridized carbons (Fsp3) is 0.385. The topological polar surface area (TPSA) is 90.2 Å². The highest BCUT2D eigenvalue weighted by molar-refractivity contribution is 8.05. The molecule has 8 nitrogen and oxygen atoms in total. The third-order valence-corrected chi connectivity index (χ3v) is 6.74. The summed E-state index contributed by atoms with van der Waals surface area (Å²) in [5, 5.41) is 3.30. The van der Waals surface area contributed by atoms with Crippen molar-refractivity contribution < 1.29 is 28.2 Å².